The third-order valence-corrected chi connectivity index (χ3v) is 3.75. The van der Waals surface area contributed by atoms with E-state index in [4.69, 9.17) is 4.74 Å². The van der Waals surface area contributed by atoms with Gasteiger partial charge in [-0.05, 0) is 24.5 Å². The molecule has 1 aliphatic heterocycles. The molecule has 1 aliphatic rings. The molecule has 0 aliphatic carbocycles. The molecule has 1 fully saturated rings. The molecule has 3 heteroatoms. The van der Waals surface area contributed by atoms with Crippen LogP contribution in [0, 0.1) is 5.92 Å². The van der Waals surface area contributed by atoms with Gasteiger partial charge in [0.1, 0.15) is 0 Å². The van der Waals surface area contributed by atoms with Gasteiger partial charge in [0.05, 0.1) is 0 Å². The topological polar surface area (TPSA) is 21.3 Å². The van der Waals surface area contributed by atoms with E-state index in [1.165, 1.54) is 24.3 Å². The van der Waals surface area contributed by atoms with Crippen molar-refractivity contribution in [3.63, 3.8) is 0 Å². The standard InChI is InChI=1S/C11H23NOS/c1-10(2)9-14-8-5-12-11-3-6-13-7-4-11/h10-12H,3-9H2,1-2H3. The Bertz CT molecular complexity index is 135. The highest BCUT2D eigenvalue weighted by atomic mass is 32.2. The van der Waals surface area contributed by atoms with Gasteiger partial charge in [-0.3, -0.25) is 0 Å². The number of hydrogen-bond donors (Lipinski definition) is 1. The van der Waals surface area contributed by atoms with Crippen LogP contribution in [0.1, 0.15) is 26.7 Å². The summed E-state index contributed by atoms with van der Waals surface area (Å²) in [4.78, 5) is 0. The van der Waals surface area contributed by atoms with Crippen LogP contribution in [0.4, 0.5) is 0 Å². The van der Waals surface area contributed by atoms with Gasteiger partial charge in [-0.1, -0.05) is 13.8 Å². The number of rotatable bonds is 6. The Hall–Kier alpha value is 0.270. The van der Waals surface area contributed by atoms with E-state index in [0.29, 0.717) is 6.04 Å². The summed E-state index contributed by atoms with van der Waals surface area (Å²) in [6.07, 6.45) is 2.38. The molecule has 0 bridgehead atoms. The molecule has 1 heterocycles. The monoisotopic (exact) mass is 217 g/mol. The minimum absolute atomic E-state index is 0.711. The van der Waals surface area contributed by atoms with Crippen molar-refractivity contribution in [2.75, 3.05) is 31.3 Å². The molecule has 0 radical (unpaired) electrons. The Kier molecular flexibility index (Phi) is 6.65. The van der Waals surface area contributed by atoms with Crippen LogP contribution >= 0.6 is 11.8 Å². The molecule has 0 amide bonds. The van der Waals surface area contributed by atoms with E-state index in [1.807, 2.05) is 0 Å². The Morgan fingerprint density at radius 2 is 2.07 bits per heavy atom. The molecule has 0 aromatic carbocycles. The molecule has 14 heavy (non-hydrogen) atoms. The lowest BCUT2D eigenvalue weighted by Crippen LogP contribution is -2.36. The van der Waals surface area contributed by atoms with Gasteiger partial charge in [0, 0.05) is 31.6 Å². The largest absolute Gasteiger partial charge is 0.381 e. The highest BCUT2D eigenvalue weighted by molar-refractivity contribution is 7.99. The first-order valence-corrected chi connectivity index (χ1v) is 6.83. The van der Waals surface area contributed by atoms with Crippen LogP contribution in [0.3, 0.4) is 0 Å². The van der Waals surface area contributed by atoms with Gasteiger partial charge in [-0.15, -0.1) is 0 Å². The van der Waals surface area contributed by atoms with Crippen molar-refractivity contribution in [2.45, 2.75) is 32.7 Å². The predicted octanol–water partition coefficient (Wildman–Crippen LogP) is 2.14. The smallest absolute Gasteiger partial charge is 0.0480 e. The van der Waals surface area contributed by atoms with Crippen molar-refractivity contribution in [3.8, 4) is 0 Å². The highest BCUT2D eigenvalue weighted by Gasteiger charge is 2.11. The normalized spacial score (nSPS) is 19.1. The molecule has 0 unspecified atom stereocenters. The zero-order chi connectivity index (χ0) is 10.2. The summed E-state index contributed by atoms with van der Waals surface area (Å²) >= 11 is 2.06. The summed E-state index contributed by atoms with van der Waals surface area (Å²) in [5, 5.41) is 3.59. The maximum atomic E-state index is 5.31. The van der Waals surface area contributed by atoms with Crippen LogP contribution in [0.5, 0.6) is 0 Å². The maximum absolute atomic E-state index is 5.31. The van der Waals surface area contributed by atoms with Crippen molar-refractivity contribution >= 4 is 11.8 Å². The molecular weight excluding hydrogens is 194 g/mol. The van der Waals surface area contributed by atoms with Gasteiger partial charge in [0.2, 0.25) is 0 Å². The first kappa shape index (κ1) is 12.3. The molecule has 0 aromatic rings. The van der Waals surface area contributed by atoms with Crippen molar-refractivity contribution in [1.82, 2.24) is 5.32 Å². The summed E-state index contributed by atoms with van der Waals surface area (Å²) in [6.45, 7) is 7.59. The highest BCUT2D eigenvalue weighted by Crippen LogP contribution is 2.08. The van der Waals surface area contributed by atoms with E-state index in [2.05, 4.69) is 30.9 Å². The van der Waals surface area contributed by atoms with Crippen LogP contribution in [0.2, 0.25) is 0 Å². The summed E-state index contributed by atoms with van der Waals surface area (Å²) in [7, 11) is 0. The Morgan fingerprint density at radius 3 is 2.71 bits per heavy atom. The van der Waals surface area contributed by atoms with Crippen LogP contribution < -0.4 is 5.32 Å². The number of nitrogens with one attached hydrogen (secondary N) is 1. The van der Waals surface area contributed by atoms with Crippen molar-refractivity contribution in [3.05, 3.63) is 0 Å². The molecule has 0 saturated carbocycles. The molecule has 84 valence electrons. The average molecular weight is 217 g/mol. The van der Waals surface area contributed by atoms with Gasteiger partial charge < -0.3 is 10.1 Å². The fourth-order valence-corrected chi connectivity index (χ4v) is 2.46. The molecule has 1 saturated heterocycles. The fourth-order valence-electron chi connectivity index (χ4n) is 1.56. The molecular formula is C11H23NOS. The molecule has 2 nitrogen and oxygen atoms in total. The third-order valence-electron chi connectivity index (χ3n) is 2.35. The lowest BCUT2D eigenvalue weighted by Gasteiger charge is -2.23. The Morgan fingerprint density at radius 1 is 1.36 bits per heavy atom. The number of ether oxygens (including phenoxy) is 1. The summed E-state index contributed by atoms with van der Waals surface area (Å²) in [5.41, 5.74) is 0. The average Bonchev–Trinajstić information content (AvgIpc) is 2.18. The molecule has 1 N–H and O–H groups in total. The van der Waals surface area contributed by atoms with Gasteiger partial charge in [-0.25, -0.2) is 0 Å². The van der Waals surface area contributed by atoms with Crippen molar-refractivity contribution < 1.29 is 4.74 Å². The maximum Gasteiger partial charge on any atom is 0.0480 e. The van der Waals surface area contributed by atoms with E-state index < -0.39 is 0 Å². The summed E-state index contributed by atoms with van der Waals surface area (Å²) < 4.78 is 5.31. The lowest BCUT2D eigenvalue weighted by molar-refractivity contribution is 0.0786. The van der Waals surface area contributed by atoms with Crippen LogP contribution in [-0.2, 0) is 4.74 Å². The quantitative estimate of drug-likeness (QED) is 0.689. The van der Waals surface area contributed by atoms with Crippen LogP contribution in [0.15, 0.2) is 0 Å². The van der Waals surface area contributed by atoms with E-state index >= 15 is 0 Å². The number of thioether (sulfide) groups is 1. The van der Waals surface area contributed by atoms with E-state index in [-0.39, 0.29) is 0 Å². The summed E-state index contributed by atoms with van der Waals surface area (Å²) in [5.74, 6) is 3.36. The Labute approximate surface area is 92.2 Å². The van der Waals surface area contributed by atoms with Crippen LogP contribution in [-0.4, -0.2) is 37.3 Å². The molecule has 1 rings (SSSR count). The van der Waals surface area contributed by atoms with Crippen LogP contribution in [0.25, 0.3) is 0 Å². The first-order valence-electron chi connectivity index (χ1n) is 5.68. The SMILES string of the molecule is CC(C)CSCCNC1CCOCC1. The molecule has 0 spiro atoms. The third kappa shape index (κ3) is 5.89. The second kappa shape index (κ2) is 7.55. The number of hydrogen-bond acceptors (Lipinski definition) is 3. The van der Waals surface area contributed by atoms with E-state index in [0.717, 1.165) is 25.7 Å². The zero-order valence-corrected chi connectivity index (χ0v) is 10.2. The van der Waals surface area contributed by atoms with Crippen molar-refractivity contribution in [2.24, 2.45) is 5.92 Å². The van der Waals surface area contributed by atoms with E-state index in [9.17, 15) is 0 Å². The second-order valence-electron chi connectivity index (χ2n) is 4.31. The van der Waals surface area contributed by atoms with Gasteiger partial charge >= 0.3 is 0 Å². The summed E-state index contributed by atoms with van der Waals surface area (Å²) in [6, 6.07) is 0.711. The Balaban J connectivity index is 1.87. The minimum atomic E-state index is 0.711. The molecule has 0 atom stereocenters. The fraction of sp³-hybridized carbons (Fsp3) is 1.00. The van der Waals surface area contributed by atoms with Gasteiger partial charge in [-0.2, -0.15) is 11.8 Å². The van der Waals surface area contributed by atoms with Crippen molar-refractivity contribution in [1.29, 1.82) is 0 Å². The van der Waals surface area contributed by atoms with Gasteiger partial charge in [0.15, 0.2) is 0 Å². The zero-order valence-electron chi connectivity index (χ0n) is 9.42. The first-order chi connectivity index (χ1) is 6.79. The van der Waals surface area contributed by atoms with Gasteiger partial charge in [0.25, 0.3) is 0 Å². The predicted molar refractivity (Wildman–Crippen MR) is 64.0 cm³/mol. The van der Waals surface area contributed by atoms with E-state index in [1.54, 1.807) is 0 Å². The second-order valence-corrected chi connectivity index (χ2v) is 5.46. The minimum Gasteiger partial charge on any atom is -0.381 e. The lowest BCUT2D eigenvalue weighted by atomic mass is 10.1. The molecule has 0 aromatic heterocycles.